The molecule has 118 valence electrons. The van der Waals surface area contributed by atoms with E-state index in [-0.39, 0.29) is 0 Å². The van der Waals surface area contributed by atoms with Crippen molar-refractivity contribution in [3.8, 4) is 17.4 Å². The predicted molar refractivity (Wildman–Crippen MR) is 96.9 cm³/mol. The second kappa shape index (κ2) is 6.84. The van der Waals surface area contributed by atoms with Crippen LogP contribution in [0.15, 0.2) is 70.1 Å². The molecule has 0 fully saturated rings. The first-order valence-corrected chi connectivity index (χ1v) is 7.58. The molecule has 0 aliphatic heterocycles. The van der Waals surface area contributed by atoms with Gasteiger partial charge >= 0.3 is 0 Å². The average Bonchev–Trinajstić information content (AvgIpc) is 3.04. The van der Waals surface area contributed by atoms with Crippen LogP contribution in [0.5, 0.6) is 0 Å². The number of nitriles is 1. The van der Waals surface area contributed by atoms with Gasteiger partial charge in [0.1, 0.15) is 17.4 Å². The normalized spacial score (nSPS) is 10.7. The van der Waals surface area contributed by atoms with E-state index in [9.17, 15) is 5.26 Å². The van der Waals surface area contributed by atoms with Crippen molar-refractivity contribution in [1.82, 2.24) is 0 Å². The third-order valence-corrected chi connectivity index (χ3v) is 3.63. The molecule has 0 saturated heterocycles. The smallest absolute Gasteiger partial charge is 0.237 e. The second-order valence-corrected chi connectivity index (χ2v) is 5.55. The fourth-order valence-electron chi connectivity index (χ4n) is 2.29. The molecule has 3 rings (SSSR count). The summed E-state index contributed by atoms with van der Waals surface area (Å²) in [6.07, 6.45) is 1.70. The summed E-state index contributed by atoms with van der Waals surface area (Å²) in [5.74, 6) is 0.968. The highest BCUT2D eigenvalue weighted by molar-refractivity contribution is 5.83. The lowest BCUT2D eigenvalue weighted by Gasteiger charge is -2.11. The highest BCUT2D eigenvalue weighted by Crippen LogP contribution is 2.30. The third kappa shape index (κ3) is 3.36. The zero-order valence-corrected chi connectivity index (χ0v) is 13.6. The van der Waals surface area contributed by atoms with Gasteiger partial charge in [0.15, 0.2) is 0 Å². The highest BCUT2D eigenvalue weighted by atomic mass is 16.4. The van der Waals surface area contributed by atoms with E-state index in [1.807, 2.05) is 73.6 Å². The highest BCUT2D eigenvalue weighted by Gasteiger charge is 2.11. The Labute approximate surface area is 141 Å². The van der Waals surface area contributed by atoms with Crippen LogP contribution in [0.4, 0.5) is 11.6 Å². The van der Waals surface area contributed by atoms with Crippen LogP contribution in [-0.4, -0.2) is 20.3 Å². The number of furan rings is 1. The summed E-state index contributed by atoms with van der Waals surface area (Å²) in [6, 6.07) is 21.5. The van der Waals surface area contributed by atoms with Gasteiger partial charge in [-0.05, 0) is 17.7 Å². The Morgan fingerprint density at radius 1 is 1.04 bits per heavy atom. The van der Waals surface area contributed by atoms with Crippen LogP contribution < -0.4 is 4.90 Å². The van der Waals surface area contributed by atoms with Gasteiger partial charge in [-0.25, -0.2) is 4.99 Å². The molecule has 2 aromatic carbocycles. The summed E-state index contributed by atoms with van der Waals surface area (Å²) < 4.78 is 5.75. The summed E-state index contributed by atoms with van der Waals surface area (Å²) >= 11 is 0. The lowest BCUT2D eigenvalue weighted by molar-refractivity contribution is 0.592. The molecule has 0 radical (unpaired) electrons. The van der Waals surface area contributed by atoms with Gasteiger partial charge in [-0.2, -0.15) is 5.26 Å². The fraction of sp³-hybridized carbons (Fsp3) is 0.100. The minimum atomic E-state index is 0.327. The Kier molecular flexibility index (Phi) is 4.44. The van der Waals surface area contributed by atoms with Gasteiger partial charge in [-0.15, -0.1) is 0 Å². The zero-order valence-electron chi connectivity index (χ0n) is 13.6. The summed E-state index contributed by atoms with van der Waals surface area (Å²) in [5.41, 5.74) is 3.41. The largest absolute Gasteiger partial charge is 0.437 e. The van der Waals surface area contributed by atoms with Crippen molar-refractivity contribution in [2.24, 2.45) is 4.99 Å². The summed E-state index contributed by atoms with van der Waals surface area (Å²) in [7, 11) is 3.99. The Morgan fingerprint density at radius 3 is 2.38 bits per heavy atom. The number of hydrogen-bond acceptors (Lipinski definition) is 4. The zero-order chi connectivity index (χ0) is 16.9. The van der Waals surface area contributed by atoms with Crippen molar-refractivity contribution >= 4 is 17.8 Å². The number of hydrogen-bond donors (Lipinski definition) is 0. The number of anilines is 1. The van der Waals surface area contributed by atoms with Crippen LogP contribution in [0.2, 0.25) is 0 Å². The van der Waals surface area contributed by atoms with E-state index in [2.05, 4.69) is 11.1 Å². The molecule has 0 N–H and O–H groups in total. The number of nitrogens with zero attached hydrogens (tertiary/aromatic N) is 3. The first kappa shape index (κ1) is 15.6. The minimum Gasteiger partial charge on any atom is -0.437 e. The molecular formula is C20H17N3O. The van der Waals surface area contributed by atoms with Gasteiger partial charge in [0.2, 0.25) is 5.88 Å². The van der Waals surface area contributed by atoms with Crippen molar-refractivity contribution < 1.29 is 4.42 Å². The first-order valence-electron chi connectivity index (χ1n) is 7.58. The molecule has 0 atom stereocenters. The summed E-state index contributed by atoms with van der Waals surface area (Å²) in [6.45, 7) is 0. The molecule has 0 aliphatic rings. The van der Waals surface area contributed by atoms with E-state index in [1.165, 1.54) is 0 Å². The molecule has 1 aromatic heterocycles. The Bertz CT molecular complexity index is 885. The number of aliphatic imine (C=N–C) groups is 1. The van der Waals surface area contributed by atoms with Crippen LogP contribution in [-0.2, 0) is 0 Å². The molecular weight excluding hydrogens is 298 g/mol. The molecule has 0 amide bonds. The Hall–Kier alpha value is -3.32. The Morgan fingerprint density at radius 2 is 1.75 bits per heavy atom. The van der Waals surface area contributed by atoms with Crippen molar-refractivity contribution in [1.29, 1.82) is 5.26 Å². The van der Waals surface area contributed by atoms with Gasteiger partial charge in [-0.3, -0.25) is 0 Å². The topological polar surface area (TPSA) is 52.5 Å². The monoisotopic (exact) mass is 315 g/mol. The standard InChI is InChI=1S/C20H17N3O/c1-23(2)18-10-8-15(9-11-18)14-22-20-17(13-21)12-19(24-20)16-6-4-3-5-7-16/h3-12,14H,1-2H3. The van der Waals surface area contributed by atoms with Gasteiger partial charge in [0, 0.05) is 37.6 Å². The van der Waals surface area contributed by atoms with Crippen LogP contribution >= 0.6 is 0 Å². The maximum absolute atomic E-state index is 9.28. The van der Waals surface area contributed by atoms with E-state index in [4.69, 9.17) is 4.42 Å². The van der Waals surface area contributed by atoms with Gasteiger partial charge in [0.25, 0.3) is 0 Å². The quantitative estimate of drug-likeness (QED) is 0.659. The predicted octanol–water partition coefficient (Wildman–Crippen LogP) is 4.63. The fourth-order valence-corrected chi connectivity index (χ4v) is 2.29. The van der Waals surface area contributed by atoms with Crippen molar-refractivity contribution in [3.05, 3.63) is 71.8 Å². The van der Waals surface area contributed by atoms with Crippen molar-refractivity contribution in [2.75, 3.05) is 19.0 Å². The van der Waals surface area contributed by atoms with E-state index in [1.54, 1.807) is 12.3 Å². The molecule has 0 spiro atoms. The summed E-state index contributed by atoms with van der Waals surface area (Å²) in [4.78, 5) is 6.38. The van der Waals surface area contributed by atoms with Crippen molar-refractivity contribution in [2.45, 2.75) is 0 Å². The van der Waals surface area contributed by atoms with E-state index >= 15 is 0 Å². The van der Waals surface area contributed by atoms with Crippen LogP contribution in [0.25, 0.3) is 11.3 Å². The van der Waals surface area contributed by atoms with Gasteiger partial charge < -0.3 is 9.32 Å². The molecule has 0 saturated carbocycles. The maximum Gasteiger partial charge on any atom is 0.237 e. The van der Waals surface area contributed by atoms with E-state index < -0.39 is 0 Å². The lowest BCUT2D eigenvalue weighted by Crippen LogP contribution is -2.08. The van der Waals surface area contributed by atoms with Crippen LogP contribution in [0, 0.1) is 11.3 Å². The first-order chi connectivity index (χ1) is 11.7. The van der Waals surface area contributed by atoms with Crippen LogP contribution in [0.3, 0.4) is 0 Å². The molecule has 0 aliphatic carbocycles. The van der Waals surface area contributed by atoms with Crippen LogP contribution in [0.1, 0.15) is 11.1 Å². The lowest BCUT2D eigenvalue weighted by atomic mass is 10.1. The van der Waals surface area contributed by atoms with Gasteiger partial charge in [-0.1, -0.05) is 42.5 Å². The SMILES string of the molecule is CN(C)c1ccc(C=Nc2oc(-c3ccccc3)cc2C#N)cc1. The molecule has 3 aromatic rings. The second-order valence-electron chi connectivity index (χ2n) is 5.55. The minimum absolute atomic E-state index is 0.327. The molecule has 4 heteroatoms. The van der Waals surface area contributed by atoms with E-state index in [0.29, 0.717) is 17.2 Å². The molecule has 0 bridgehead atoms. The molecule has 24 heavy (non-hydrogen) atoms. The maximum atomic E-state index is 9.28. The number of benzene rings is 2. The number of rotatable bonds is 4. The molecule has 4 nitrogen and oxygen atoms in total. The third-order valence-electron chi connectivity index (χ3n) is 3.63. The molecule has 0 unspecified atom stereocenters. The average molecular weight is 315 g/mol. The molecule has 1 heterocycles. The Balaban J connectivity index is 1.87. The van der Waals surface area contributed by atoms with Crippen molar-refractivity contribution in [3.63, 3.8) is 0 Å². The van der Waals surface area contributed by atoms with E-state index in [0.717, 1.165) is 16.8 Å². The summed E-state index contributed by atoms with van der Waals surface area (Å²) in [5, 5.41) is 9.28. The van der Waals surface area contributed by atoms with Gasteiger partial charge in [0.05, 0.1) is 0 Å².